The molecule has 0 amide bonds. The van der Waals surface area contributed by atoms with Gasteiger partial charge in [0, 0.05) is 17.5 Å². The Labute approximate surface area is 126 Å². The van der Waals surface area contributed by atoms with Crippen LogP contribution < -0.4 is 10.0 Å². The molecule has 1 heterocycles. The van der Waals surface area contributed by atoms with E-state index in [-0.39, 0.29) is 6.04 Å². The highest BCUT2D eigenvalue weighted by molar-refractivity contribution is 7.89. The van der Waals surface area contributed by atoms with E-state index in [4.69, 9.17) is 0 Å². The molecule has 20 heavy (non-hydrogen) atoms. The van der Waals surface area contributed by atoms with Gasteiger partial charge in [-0.2, -0.15) is 0 Å². The summed E-state index contributed by atoms with van der Waals surface area (Å²) >= 11 is 1.50. The molecular weight excluding hydrogens is 292 g/mol. The summed E-state index contributed by atoms with van der Waals surface area (Å²) in [6.45, 7) is 5.81. The highest BCUT2D eigenvalue weighted by Gasteiger charge is 2.28. The predicted molar refractivity (Wildman–Crippen MR) is 83.4 cm³/mol. The molecule has 2 atom stereocenters. The molecule has 1 aromatic rings. The molecule has 0 spiro atoms. The van der Waals surface area contributed by atoms with Crippen LogP contribution in [0.15, 0.2) is 16.3 Å². The molecule has 0 bridgehead atoms. The van der Waals surface area contributed by atoms with Gasteiger partial charge in [-0.15, -0.1) is 11.3 Å². The highest BCUT2D eigenvalue weighted by atomic mass is 32.2. The summed E-state index contributed by atoms with van der Waals surface area (Å²) in [5.41, 5.74) is 0. The number of rotatable bonds is 7. The van der Waals surface area contributed by atoms with E-state index in [1.54, 1.807) is 6.07 Å². The summed E-state index contributed by atoms with van der Waals surface area (Å²) in [4.78, 5) is 1.35. The second-order valence-corrected chi connectivity index (χ2v) is 8.30. The molecule has 1 aliphatic rings. The van der Waals surface area contributed by atoms with Gasteiger partial charge in [-0.05, 0) is 49.6 Å². The number of thiophene rings is 1. The zero-order chi connectivity index (χ0) is 14.6. The van der Waals surface area contributed by atoms with Crippen molar-refractivity contribution in [2.45, 2.75) is 57.0 Å². The van der Waals surface area contributed by atoms with E-state index in [1.807, 2.05) is 5.38 Å². The van der Waals surface area contributed by atoms with E-state index in [9.17, 15) is 8.42 Å². The summed E-state index contributed by atoms with van der Waals surface area (Å²) in [6, 6.07) is 1.82. The first-order valence-corrected chi connectivity index (χ1v) is 9.68. The van der Waals surface area contributed by atoms with Gasteiger partial charge in [-0.3, -0.25) is 0 Å². The van der Waals surface area contributed by atoms with E-state index in [0.29, 0.717) is 17.4 Å². The maximum absolute atomic E-state index is 12.5. The van der Waals surface area contributed by atoms with Crippen LogP contribution in [-0.2, 0) is 16.6 Å². The molecule has 2 rings (SSSR count). The first-order chi connectivity index (χ1) is 9.53. The van der Waals surface area contributed by atoms with Gasteiger partial charge in [0.1, 0.15) is 0 Å². The van der Waals surface area contributed by atoms with Crippen molar-refractivity contribution in [2.24, 2.45) is 5.92 Å². The summed E-state index contributed by atoms with van der Waals surface area (Å²) in [5.74, 6) is 0.621. The lowest BCUT2D eigenvalue weighted by Crippen LogP contribution is -2.33. The van der Waals surface area contributed by atoms with Crippen molar-refractivity contribution in [3.63, 3.8) is 0 Å². The molecular formula is C14H24N2O2S2. The number of nitrogens with one attached hydrogen (secondary N) is 2. The average Bonchev–Trinajstić information content (AvgIpc) is 2.99. The number of hydrogen-bond acceptors (Lipinski definition) is 4. The van der Waals surface area contributed by atoms with Crippen LogP contribution in [-0.4, -0.2) is 21.0 Å². The van der Waals surface area contributed by atoms with Crippen molar-refractivity contribution in [1.82, 2.24) is 10.0 Å². The van der Waals surface area contributed by atoms with E-state index in [0.717, 1.165) is 37.1 Å². The topological polar surface area (TPSA) is 58.2 Å². The third kappa shape index (κ3) is 4.04. The van der Waals surface area contributed by atoms with E-state index < -0.39 is 10.0 Å². The predicted octanol–water partition coefficient (Wildman–Crippen LogP) is 2.71. The zero-order valence-corrected chi connectivity index (χ0v) is 13.8. The van der Waals surface area contributed by atoms with E-state index >= 15 is 0 Å². The van der Waals surface area contributed by atoms with Crippen molar-refractivity contribution < 1.29 is 8.42 Å². The first-order valence-electron chi connectivity index (χ1n) is 7.32. The Morgan fingerprint density at radius 3 is 2.85 bits per heavy atom. The van der Waals surface area contributed by atoms with Crippen LogP contribution in [0.25, 0.3) is 0 Å². The van der Waals surface area contributed by atoms with Crippen LogP contribution in [0.2, 0.25) is 0 Å². The van der Waals surface area contributed by atoms with Gasteiger partial charge in [0.25, 0.3) is 0 Å². The molecule has 1 fully saturated rings. The summed E-state index contributed by atoms with van der Waals surface area (Å²) in [6.07, 6.45) is 4.06. The van der Waals surface area contributed by atoms with Crippen LogP contribution in [0.1, 0.15) is 44.4 Å². The second-order valence-electron chi connectivity index (χ2n) is 5.62. The maximum atomic E-state index is 12.5. The number of hydrogen-bond donors (Lipinski definition) is 2. The Morgan fingerprint density at radius 2 is 2.20 bits per heavy atom. The second kappa shape index (κ2) is 7.02. The summed E-state index contributed by atoms with van der Waals surface area (Å²) in [7, 11) is -3.37. The molecule has 2 N–H and O–H groups in total. The van der Waals surface area contributed by atoms with Crippen molar-refractivity contribution in [3.8, 4) is 0 Å². The van der Waals surface area contributed by atoms with Crippen molar-refractivity contribution in [3.05, 3.63) is 16.3 Å². The molecule has 6 heteroatoms. The molecule has 4 nitrogen and oxygen atoms in total. The third-order valence-corrected chi connectivity index (χ3v) is 6.38. The van der Waals surface area contributed by atoms with Gasteiger partial charge in [0.05, 0.1) is 4.90 Å². The summed E-state index contributed by atoms with van der Waals surface area (Å²) in [5, 5.41) is 5.12. The quantitative estimate of drug-likeness (QED) is 0.761. The fourth-order valence-electron chi connectivity index (χ4n) is 2.67. The van der Waals surface area contributed by atoms with Crippen LogP contribution in [0.3, 0.4) is 0 Å². The fraction of sp³-hybridized carbons (Fsp3) is 0.714. The molecule has 114 valence electrons. The molecule has 1 aromatic heterocycles. The Hall–Kier alpha value is -0.430. The van der Waals surface area contributed by atoms with Crippen molar-refractivity contribution >= 4 is 21.4 Å². The lowest BCUT2D eigenvalue weighted by Gasteiger charge is -2.13. The molecule has 0 aliphatic heterocycles. The van der Waals surface area contributed by atoms with Crippen molar-refractivity contribution in [1.29, 1.82) is 0 Å². The van der Waals surface area contributed by atoms with Crippen LogP contribution >= 0.6 is 11.3 Å². The lowest BCUT2D eigenvalue weighted by molar-refractivity contribution is 0.537. The van der Waals surface area contributed by atoms with Crippen LogP contribution in [0.5, 0.6) is 0 Å². The largest absolute Gasteiger partial charge is 0.312 e. The summed E-state index contributed by atoms with van der Waals surface area (Å²) < 4.78 is 27.8. The Kier molecular flexibility index (Phi) is 5.60. The standard InChI is InChI=1S/C14H24N2O2S2/c1-3-7-15-10-13-14(6-8-19-13)20(17,18)16-12-5-4-11(2)9-12/h6,8,11-12,15-16H,3-5,7,9-10H2,1-2H3. The van der Waals surface area contributed by atoms with Gasteiger partial charge < -0.3 is 5.32 Å². The Morgan fingerprint density at radius 1 is 1.40 bits per heavy atom. The molecule has 1 saturated carbocycles. The highest BCUT2D eigenvalue weighted by Crippen LogP contribution is 2.27. The Balaban J connectivity index is 2.03. The van der Waals surface area contributed by atoms with Gasteiger partial charge in [0.2, 0.25) is 10.0 Å². The Bertz CT molecular complexity index is 525. The van der Waals surface area contributed by atoms with Gasteiger partial charge >= 0.3 is 0 Å². The van der Waals surface area contributed by atoms with Crippen molar-refractivity contribution in [2.75, 3.05) is 6.54 Å². The van der Waals surface area contributed by atoms with Gasteiger partial charge in [-0.1, -0.05) is 13.8 Å². The fourth-order valence-corrected chi connectivity index (χ4v) is 5.37. The normalized spacial score (nSPS) is 23.3. The first kappa shape index (κ1) is 15.9. The van der Waals surface area contributed by atoms with E-state index in [2.05, 4.69) is 23.9 Å². The minimum atomic E-state index is -3.37. The van der Waals surface area contributed by atoms with Gasteiger partial charge in [0.15, 0.2) is 0 Å². The minimum Gasteiger partial charge on any atom is -0.312 e. The maximum Gasteiger partial charge on any atom is 0.241 e. The van der Waals surface area contributed by atoms with Crippen LogP contribution in [0, 0.1) is 5.92 Å². The lowest BCUT2D eigenvalue weighted by atomic mass is 10.1. The number of sulfonamides is 1. The minimum absolute atomic E-state index is 0.103. The third-order valence-electron chi connectivity index (χ3n) is 3.72. The smallest absolute Gasteiger partial charge is 0.241 e. The zero-order valence-electron chi connectivity index (χ0n) is 12.2. The van der Waals surface area contributed by atoms with Crippen LogP contribution in [0.4, 0.5) is 0 Å². The molecule has 2 unspecified atom stereocenters. The monoisotopic (exact) mass is 316 g/mol. The molecule has 0 radical (unpaired) electrons. The molecule has 0 aromatic carbocycles. The average molecular weight is 316 g/mol. The molecule has 1 aliphatic carbocycles. The van der Waals surface area contributed by atoms with E-state index in [1.165, 1.54) is 11.3 Å². The van der Waals surface area contributed by atoms with Gasteiger partial charge in [-0.25, -0.2) is 13.1 Å². The SMILES string of the molecule is CCCNCc1sccc1S(=O)(=O)NC1CCC(C)C1. The molecule has 0 saturated heterocycles.